The normalized spacial score (nSPS) is 10.3. The van der Waals surface area contributed by atoms with E-state index in [1.807, 2.05) is 33.9 Å². The zero-order chi connectivity index (χ0) is 13.3. The summed E-state index contributed by atoms with van der Waals surface area (Å²) < 4.78 is 0. The van der Waals surface area contributed by atoms with Gasteiger partial charge in [-0.25, -0.2) is 0 Å². The maximum Gasteiger partial charge on any atom is 0.0653 e. The van der Waals surface area contributed by atoms with E-state index in [0.29, 0.717) is 5.92 Å². The van der Waals surface area contributed by atoms with E-state index in [4.69, 9.17) is 0 Å². The van der Waals surface area contributed by atoms with Crippen LogP contribution in [0.2, 0.25) is 0 Å². The van der Waals surface area contributed by atoms with E-state index in [1.165, 1.54) is 17.4 Å². The molecule has 2 nitrogen and oxygen atoms in total. The van der Waals surface area contributed by atoms with Crippen molar-refractivity contribution < 1.29 is 1.43 Å². The van der Waals surface area contributed by atoms with Crippen LogP contribution in [0.4, 0.5) is 0 Å². The molecule has 0 bridgehead atoms. The summed E-state index contributed by atoms with van der Waals surface area (Å²) >= 11 is 0. The van der Waals surface area contributed by atoms with Crippen molar-refractivity contribution >= 4 is 24.4 Å². The molecule has 2 aromatic rings. The van der Waals surface area contributed by atoms with Gasteiger partial charge in [-0.15, -0.1) is 0 Å². The van der Waals surface area contributed by atoms with Gasteiger partial charge in [0, 0.05) is 6.81 Å². The van der Waals surface area contributed by atoms with Gasteiger partial charge in [-0.3, -0.25) is 5.10 Å². The Hall–Kier alpha value is -0.960. The molecule has 106 valence electrons. The number of aromatic amines is 1. The van der Waals surface area contributed by atoms with Crippen LogP contribution < -0.4 is 0 Å². The van der Waals surface area contributed by atoms with E-state index in [9.17, 15) is 0 Å². The molecule has 2 rings (SSSR count). The van der Waals surface area contributed by atoms with Crippen molar-refractivity contribution in [1.29, 1.82) is 0 Å². The molecule has 0 radical (unpaired) electrons. The first kappa shape index (κ1) is 19.4. The van der Waals surface area contributed by atoms with Crippen LogP contribution in [0, 0.1) is 0 Å². The fraction of sp³-hybridized carbons (Fsp3) is 0.533. The molecule has 1 atom stereocenters. The summed E-state index contributed by atoms with van der Waals surface area (Å²) in [6.45, 7) is 12.5. The lowest BCUT2D eigenvalue weighted by Crippen LogP contribution is -1.91. The Morgan fingerprint density at radius 1 is 1.22 bits per heavy atom. The van der Waals surface area contributed by atoms with Crippen molar-refractivity contribution in [2.75, 3.05) is 0 Å². The number of hydrogen-bond donors (Lipinski definition) is 1. The average Bonchev–Trinajstić information content (AvgIpc) is 2.90. The topological polar surface area (TPSA) is 28.7 Å². The first-order valence-electron chi connectivity index (χ1n) is 6.75. The number of rotatable bonds is 2. The molecule has 3 heteroatoms. The number of fused-ring (bicyclic) bond motifs is 1. The Morgan fingerprint density at radius 3 is 2.39 bits per heavy atom. The molecule has 0 spiro atoms. The van der Waals surface area contributed by atoms with Gasteiger partial charge < -0.3 is 0 Å². The predicted octanol–water partition coefficient (Wildman–Crippen LogP) is 5.49. The van der Waals surface area contributed by atoms with E-state index < -0.39 is 0 Å². The maximum atomic E-state index is 4.05. The lowest BCUT2D eigenvalue weighted by atomic mass is 9.96. The molecule has 1 N–H and O–H groups in total. The van der Waals surface area contributed by atoms with Crippen molar-refractivity contribution in [2.45, 2.75) is 53.9 Å². The minimum atomic E-state index is 0. The summed E-state index contributed by atoms with van der Waals surface area (Å²) in [5.74, 6) is 0.612. The fourth-order valence-electron chi connectivity index (χ4n) is 1.64. The zero-order valence-corrected chi connectivity index (χ0v) is 13.5. The minimum absolute atomic E-state index is 0. The Kier molecular flexibility index (Phi) is 12.0. The van der Waals surface area contributed by atoms with E-state index >= 15 is 0 Å². The molecule has 0 saturated carbocycles. The summed E-state index contributed by atoms with van der Waals surface area (Å²) in [5.41, 5.74) is 2.53. The van der Waals surface area contributed by atoms with Gasteiger partial charge in [-0.2, -0.15) is 18.6 Å². The molecule has 18 heavy (non-hydrogen) atoms. The highest BCUT2D eigenvalue weighted by Crippen LogP contribution is 2.25. The second-order valence-electron chi connectivity index (χ2n) is 3.49. The van der Waals surface area contributed by atoms with Gasteiger partial charge in [0.25, 0.3) is 0 Å². The number of nitrogens with zero attached hydrogens (tertiary/aromatic N) is 1. The number of hydrogen-bond acceptors (Lipinski definition) is 1. The van der Waals surface area contributed by atoms with E-state index in [1.54, 1.807) is 0 Å². The van der Waals surface area contributed by atoms with Crippen LogP contribution >= 0.6 is 13.5 Å². The highest BCUT2D eigenvalue weighted by Gasteiger charge is 2.07. The molecular formula is C15H30N2S. The third-order valence-corrected chi connectivity index (χ3v) is 2.66. The summed E-state index contributed by atoms with van der Waals surface area (Å²) in [6.07, 6.45) is 3.08. The van der Waals surface area contributed by atoms with E-state index in [0.717, 1.165) is 5.52 Å². The second kappa shape index (κ2) is 11.1. The monoisotopic (exact) mass is 270 g/mol. The van der Waals surface area contributed by atoms with Crippen LogP contribution in [0.15, 0.2) is 24.4 Å². The minimum Gasteiger partial charge on any atom is -0.278 e. The molecule has 1 aromatic heterocycles. The third kappa shape index (κ3) is 4.73. The Morgan fingerprint density at radius 2 is 1.83 bits per heavy atom. The van der Waals surface area contributed by atoms with Gasteiger partial charge in [-0.05, 0) is 24.0 Å². The lowest BCUT2D eigenvalue weighted by Gasteiger charge is -2.09. The highest BCUT2D eigenvalue weighted by molar-refractivity contribution is 7.59. The van der Waals surface area contributed by atoms with Crippen molar-refractivity contribution in [3.63, 3.8) is 0 Å². The second-order valence-corrected chi connectivity index (χ2v) is 3.49. The van der Waals surface area contributed by atoms with Crippen molar-refractivity contribution in [1.82, 2.24) is 10.2 Å². The van der Waals surface area contributed by atoms with Gasteiger partial charge >= 0.3 is 0 Å². The number of nitrogens with one attached hydrogen (secondary N) is 1. The summed E-state index contributed by atoms with van der Waals surface area (Å²) in [7, 11) is 0. The molecule has 0 aliphatic rings. The molecule has 0 fully saturated rings. The van der Waals surface area contributed by atoms with Crippen LogP contribution in [0.25, 0.3) is 10.9 Å². The third-order valence-electron chi connectivity index (χ3n) is 2.66. The Bertz CT molecular complexity index is 415. The van der Waals surface area contributed by atoms with Gasteiger partial charge in [0.2, 0.25) is 0 Å². The highest BCUT2D eigenvalue weighted by atomic mass is 32.1. The molecule has 1 unspecified atom stereocenters. The molecular weight excluding hydrogens is 240 g/mol. The predicted molar refractivity (Wildman–Crippen MR) is 90.0 cm³/mol. The largest absolute Gasteiger partial charge is 0.278 e. The molecule has 0 amide bonds. The fourth-order valence-corrected chi connectivity index (χ4v) is 1.64. The van der Waals surface area contributed by atoms with E-state index in [2.05, 4.69) is 42.2 Å². The first-order valence-corrected chi connectivity index (χ1v) is 6.75. The van der Waals surface area contributed by atoms with Crippen LogP contribution in [0.3, 0.4) is 0 Å². The van der Waals surface area contributed by atoms with Crippen LogP contribution in [-0.2, 0) is 0 Å². The van der Waals surface area contributed by atoms with Crippen molar-refractivity contribution in [2.24, 2.45) is 0 Å². The van der Waals surface area contributed by atoms with Crippen molar-refractivity contribution in [3.8, 4) is 0 Å². The van der Waals surface area contributed by atoms with Gasteiger partial charge in [-0.1, -0.05) is 53.7 Å². The van der Waals surface area contributed by atoms with Crippen LogP contribution in [0.1, 0.15) is 60.9 Å². The standard InChI is InChI=1S/C11H14N2.2C2H6.H2S.H2/c1-3-8(2)9-5-4-6-11-10(9)7-12-13-11;2*1-2;;/h4-8H,3H2,1-2H3,(H,12,13);2*1-2H3;1H2;1H. The molecule has 0 aliphatic carbocycles. The smallest absolute Gasteiger partial charge is 0.0653 e. The van der Waals surface area contributed by atoms with Crippen molar-refractivity contribution in [3.05, 3.63) is 30.0 Å². The quantitative estimate of drug-likeness (QED) is 0.768. The number of benzene rings is 1. The molecule has 1 heterocycles. The summed E-state index contributed by atoms with van der Waals surface area (Å²) in [5, 5.41) is 8.30. The SMILES string of the molecule is CC.CC.CCC(C)c1cccc2[nH]ncc12.S.[HH]. The summed E-state index contributed by atoms with van der Waals surface area (Å²) in [4.78, 5) is 0. The molecule has 0 aliphatic heterocycles. The van der Waals surface area contributed by atoms with Gasteiger partial charge in [0.1, 0.15) is 0 Å². The van der Waals surface area contributed by atoms with Crippen LogP contribution in [0.5, 0.6) is 0 Å². The van der Waals surface area contributed by atoms with Gasteiger partial charge in [0.05, 0.1) is 11.7 Å². The zero-order valence-electron chi connectivity index (χ0n) is 12.5. The van der Waals surface area contributed by atoms with E-state index in [-0.39, 0.29) is 14.9 Å². The van der Waals surface area contributed by atoms with Crippen LogP contribution in [-0.4, -0.2) is 10.2 Å². The summed E-state index contributed by atoms with van der Waals surface area (Å²) in [6, 6.07) is 6.34. The Labute approximate surface area is 120 Å². The lowest BCUT2D eigenvalue weighted by molar-refractivity contribution is 0.740. The maximum absolute atomic E-state index is 4.05. The van der Waals surface area contributed by atoms with Gasteiger partial charge in [0.15, 0.2) is 0 Å². The molecule has 1 aromatic carbocycles. The average molecular weight is 270 g/mol. The number of H-pyrrole nitrogens is 1. The molecule has 0 saturated heterocycles. The Balaban J connectivity index is -0.000000392. The first-order chi connectivity index (χ1) is 8.33. The number of aromatic nitrogens is 2.